The molecule has 4 nitrogen and oxygen atoms in total. The van der Waals surface area contributed by atoms with Crippen LogP contribution in [0.15, 0.2) is 24.3 Å². The second-order valence-electron chi connectivity index (χ2n) is 4.65. The van der Waals surface area contributed by atoms with Crippen LogP contribution in [0.3, 0.4) is 0 Å². The molecule has 1 amide bonds. The molecule has 1 fully saturated rings. The van der Waals surface area contributed by atoms with E-state index in [1.807, 2.05) is 29.2 Å². The third-order valence-electron chi connectivity index (χ3n) is 3.43. The molecule has 1 aliphatic heterocycles. The number of ether oxygens (including phenoxy) is 1. The summed E-state index contributed by atoms with van der Waals surface area (Å²) in [7, 11) is 1.68. The van der Waals surface area contributed by atoms with Crippen LogP contribution in [0.25, 0.3) is 0 Å². The van der Waals surface area contributed by atoms with Crippen LogP contribution in [0.5, 0.6) is 0 Å². The minimum atomic E-state index is 0.0955. The van der Waals surface area contributed by atoms with Gasteiger partial charge < -0.3 is 15.4 Å². The summed E-state index contributed by atoms with van der Waals surface area (Å²) in [6.07, 6.45) is 2.08. The van der Waals surface area contributed by atoms with Crippen LogP contribution in [0.2, 0.25) is 0 Å². The molecule has 0 spiro atoms. The lowest BCUT2D eigenvalue weighted by atomic mass is 10.1. The normalized spacial score (nSPS) is 19.2. The molecule has 98 valence electrons. The topological polar surface area (TPSA) is 55.6 Å². The van der Waals surface area contributed by atoms with Crippen LogP contribution in [0.1, 0.15) is 28.8 Å². The van der Waals surface area contributed by atoms with Crippen molar-refractivity contribution in [3.63, 3.8) is 0 Å². The second-order valence-corrected chi connectivity index (χ2v) is 4.65. The number of rotatable bonds is 4. The van der Waals surface area contributed by atoms with Crippen molar-refractivity contribution in [1.82, 2.24) is 4.90 Å². The number of hydrogen-bond donors (Lipinski definition) is 1. The van der Waals surface area contributed by atoms with Gasteiger partial charge in [0, 0.05) is 25.8 Å². The van der Waals surface area contributed by atoms with E-state index in [2.05, 4.69) is 0 Å². The van der Waals surface area contributed by atoms with E-state index >= 15 is 0 Å². The van der Waals surface area contributed by atoms with Crippen LogP contribution in [0, 0.1) is 0 Å². The quantitative estimate of drug-likeness (QED) is 0.876. The molecule has 0 saturated carbocycles. The van der Waals surface area contributed by atoms with E-state index < -0.39 is 0 Å². The summed E-state index contributed by atoms with van der Waals surface area (Å²) < 4.78 is 5.17. The van der Waals surface area contributed by atoms with Gasteiger partial charge in [-0.2, -0.15) is 0 Å². The Bertz CT molecular complexity index is 403. The molecular weight excluding hydrogens is 228 g/mol. The maximum atomic E-state index is 12.4. The SMILES string of the molecule is COC[C@@H]1CCCN1C(=O)c1ccc(CN)cc1. The van der Waals surface area contributed by atoms with Crippen molar-refractivity contribution < 1.29 is 9.53 Å². The highest BCUT2D eigenvalue weighted by Gasteiger charge is 2.29. The number of carbonyl (C=O) groups excluding carboxylic acids is 1. The Kier molecular flexibility index (Phi) is 4.33. The van der Waals surface area contributed by atoms with Gasteiger partial charge >= 0.3 is 0 Å². The minimum Gasteiger partial charge on any atom is -0.383 e. The van der Waals surface area contributed by atoms with Gasteiger partial charge in [0.2, 0.25) is 0 Å². The molecular formula is C14H20N2O2. The summed E-state index contributed by atoms with van der Waals surface area (Å²) in [6.45, 7) is 1.95. The Labute approximate surface area is 108 Å². The van der Waals surface area contributed by atoms with Gasteiger partial charge in [-0.05, 0) is 30.5 Å². The summed E-state index contributed by atoms with van der Waals surface area (Å²) in [5.74, 6) is 0.0955. The lowest BCUT2D eigenvalue weighted by Gasteiger charge is -2.24. The first-order valence-electron chi connectivity index (χ1n) is 6.35. The van der Waals surface area contributed by atoms with Gasteiger partial charge in [-0.3, -0.25) is 4.79 Å². The third kappa shape index (κ3) is 2.71. The molecule has 18 heavy (non-hydrogen) atoms. The van der Waals surface area contributed by atoms with E-state index in [0.29, 0.717) is 13.2 Å². The van der Waals surface area contributed by atoms with E-state index in [1.54, 1.807) is 7.11 Å². The number of carbonyl (C=O) groups is 1. The first kappa shape index (κ1) is 13.1. The Balaban J connectivity index is 2.09. The molecule has 2 rings (SSSR count). The number of methoxy groups -OCH3 is 1. The predicted molar refractivity (Wildman–Crippen MR) is 70.3 cm³/mol. The Morgan fingerprint density at radius 1 is 1.44 bits per heavy atom. The first-order chi connectivity index (χ1) is 8.76. The largest absolute Gasteiger partial charge is 0.383 e. The first-order valence-corrected chi connectivity index (χ1v) is 6.35. The lowest BCUT2D eigenvalue weighted by Crippen LogP contribution is -2.38. The van der Waals surface area contributed by atoms with Crippen LogP contribution in [-0.2, 0) is 11.3 Å². The molecule has 0 radical (unpaired) electrons. The van der Waals surface area contributed by atoms with E-state index in [4.69, 9.17) is 10.5 Å². The van der Waals surface area contributed by atoms with Gasteiger partial charge in [-0.15, -0.1) is 0 Å². The average molecular weight is 248 g/mol. The van der Waals surface area contributed by atoms with Gasteiger partial charge in [0.1, 0.15) is 0 Å². The van der Waals surface area contributed by atoms with Crippen molar-refractivity contribution in [3.8, 4) is 0 Å². The molecule has 1 atom stereocenters. The maximum absolute atomic E-state index is 12.4. The van der Waals surface area contributed by atoms with Crippen molar-refractivity contribution in [2.75, 3.05) is 20.3 Å². The Hall–Kier alpha value is -1.39. The molecule has 1 aromatic rings. The summed E-state index contributed by atoms with van der Waals surface area (Å²) >= 11 is 0. The predicted octanol–water partition coefficient (Wildman–Crippen LogP) is 1.40. The highest BCUT2D eigenvalue weighted by Crippen LogP contribution is 2.20. The molecule has 0 aliphatic carbocycles. The summed E-state index contributed by atoms with van der Waals surface area (Å²) in [4.78, 5) is 14.3. The minimum absolute atomic E-state index is 0.0955. The van der Waals surface area contributed by atoms with Crippen molar-refractivity contribution in [2.45, 2.75) is 25.4 Å². The molecule has 1 aromatic carbocycles. The highest BCUT2D eigenvalue weighted by atomic mass is 16.5. The Morgan fingerprint density at radius 3 is 2.78 bits per heavy atom. The molecule has 1 heterocycles. The number of hydrogen-bond acceptors (Lipinski definition) is 3. The molecule has 2 N–H and O–H groups in total. The molecule has 0 aromatic heterocycles. The van der Waals surface area contributed by atoms with E-state index in [1.165, 1.54) is 0 Å². The summed E-state index contributed by atoms with van der Waals surface area (Å²) in [5.41, 5.74) is 7.32. The number of benzene rings is 1. The number of nitrogens with zero attached hydrogens (tertiary/aromatic N) is 1. The summed E-state index contributed by atoms with van der Waals surface area (Å²) in [5, 5.41) is 0. The highest BCUT2D eigenvalue weighted by molar-refractivity contribution is 5.94. The lowest BCUT2D eigenvalue weighted by molar-refractivity contribution is 0.0630. The smallest absolute Gasteiger partial charge is 0.254 e. The zero-order valence-corrected chi connectivity index (χ0v) is 10.8. The zero-order chi connectivity index (χ0) is 13.0. The van der Waals surface area contributed by atoms with E-state index in [0.717, 1.165) is 30.5 Å². The van der Waals surface area contributed by atoms with Crippen LogP contribution in [0.4, 0.5) is 0 Å². The maximum Gasteiger partial charge on any atom is 0.254 e. The fraction of sp³-hybridized carbons (Fsp3) is 0.500. The van der Waals surface area contributed by atoms with Gasteiger partial charge in [0.15, 0.2) is 0 Å². The van der Waals surface area contributed by atoms with Crippen LogP contribution in [-0.4, -0.2) is 37.1 Å². The van der Waals surface area contributed by atoms with E-state index in [9.17, 15) is 4.79 Å². The van der Waals surface area contributed by atoms with Gasteiger partial charge in [-0.25, -0.2) is 0 Å². The number of nitrogens with two attached hydrogens (primary N) is 1. The molecule has 4 heteroatoms. The number of likely N-dealkylation sites (tertiary alicyclic amines) is 1. The standard InChI is InChI=1S/C14H20N2O2/c1-18-10-13-3-2-8-16(13)14(17)12-6-4-11(9-15)5-7-12/h4-7,13H,2-3,8-10,15H2,1H3/t13-/m0/s1. The average Bonchev–Trinajstić information content (AvgIpc) is 2.87. The molecule has 0 bridgehead atoms. The van der Waals surface area contributed by atoms with Gasteiger partial charge in [-0.1, -0.05) is 12.1 Å². The number of amides is 1. The van der Waals surface area contributed by atoms with E-state index in [-0.39, 0.29) is 11.9 Å². The van der Waals surface area contributed by atoms with Crippen molar-refractivity contribution >= 4 is 5.91 Å². The van der Waals surface area contributed by atoms with Crippen molar-refractivity contribution in [2.24, 2.45) is 5.73 Å². The molecule has 1 aliphatic rings. The van der Waals surface area contributed by atoms with Gasteiger partial charge in [0.25, 0.3) is 5.91 Å². The molecule has 1 saturated heterocycles. The fourth-order valence-electron chi connectivity index (χ4n) is 2.42. The fourth-order valence-corrected chi connectivity index (χ4v) is 2.42. The monoisotopic (exact) mass is 248 g/mol. The van der Waals surface area contributed by atoms with Crippen molar-refractivity contribution in [3.05, 3.63) is 35.4 Å². The second kappa shape index (κ2) is 5.98. The van der Waals surface area contributed by atoms with Crippen LogP contribution < -0.4 is 5.73 Å². The van der Waals surface area contributed by atoms with Crippen LogP contribution >= 0.6 is 0 Å². The zero-order valence-electron chi connectivity index (χ0n) is 10.8. The molecule has 0 unspecified atom stereocenters. The van der Waals surface area contributed by atoms with Crippen molar-refractivity contribution in [1.29, 1.82) is 0 Å². The Morgan fingerprint density at radius 2 is 2.17 bits per heavy atom. The van der Waals surface area contributed by atoms with Gasteiger partial charge in [0.05, 0.1) is 12.6 Å². The summed E-state index contributed by atoms with van der Waals surface area (Å²) in [6, 6.07) is 7.75. The third-order valence-corrected chi connectivity index (χ3v) is 3.43.